The van der Waals surface area contributed by atoms with Crippen molar-refractivity contribution >= 4 is 23.5 Å². The average molecular weight is 467 g/mol. The number of hydrogen-bond donors (Lipinski definition) is 2. The van der Waals surface area contributed by atoms with Gasteiger partial charge in [0, 0.05) is 18.1 Å². The number of rotatable bonds is 9. The van der Waals surface area contributed by atoms with Gasteiger partial charge in [0.2, 0.25) is 5.91 Å². The molecule has 0 aliphatic rings. The van der Waals surface area contributed by atoms with Gasteiger partial charge in [0.1, 0.15) is 6.04 Å². The first-order chi connectivity index (χ1) is 15.5. The quantitative estimate of drug-likeness (QED) is 0.330. The molecule has 2 rings (SSSR count). The summed E-state index contributed by atoms with van der Waals surface area (Å²) in [5.41, 5.74) is 3.40. The summed E-state index contributed by atoms with van der Waals surface area (Å²) in [5, 5.41) is 13.1. The molecule has 0 spiro atoms. The van der Waals surface area contributed by atoms with Gasteiger partial charge in [-0.25, -0.2) is 0 Å². The summed E-state index contributed by atoms with van der Waals surface area (Å²) in [6, 6.07) is 7.09. The minimum atomic E-state index is -4.83. The third-order valence-electron chi connectivity index (χ3n) is 4.70. The molecule has 0 saturated carbocycles. The van der Waals surface area contributed by atoms with E-state index in [9.17, 15) is 37.7 Å². The highest BCUT2D eigenvalue weighted by atomic mass is 19.4. The minimum absolute atomic E-state index is 0.0123. The average Bonchev–Trinajstić information content (AvgIpc) is 2.75. The van der Waals surface area contributed by atoms with Crippen LogP contribution in [0, 0.1) is 10.1 Å². The Hall–Kier alpha value is -3.96. The molecule has 176 valence electrons. The maximum Gasteiger partial charge on any atom is 0.417 e. The largest absolute Gasteiger partial charge is 0.466 e. The van der Waals surface area contributed by atoms with E-state index in [1.165, 1.54) is 18.2 Å². The molecule has 2 amide bonds. The minimum Gasteiger partial charge on any atom is -0.466 e. The lowest BCUT2D eigenvalue weighted by molar-refractivity contribution is -0.384. The molecule has 3 N–H and O–H groups in total. The van der Waals surface area contributed by atoms with Gasteiger partial charge in [-0.3, -0.25) is 24.5 Å². The Kier molecular flexibility index (Phi) is 8.10. The molecule has 0 saturated heterocycles. The SMILES string of the molecule is CCOC(=O)C[C@H](c1ccc([N+](=O)[O-])cc1)[C@H](NC(=O)c1ccccc1C(F)(F)F)C(N)=O. The lowest BCUT2D eigenvalue weighted by atomic mass is 9.87. The summed E-state index contributed by atoms with van der Waals surface area (Å²) in [5.74, 6) is -4.29. The van der Waals surface area contributed by atoms with E-state index in [0.717, 1.165) is 24.3 Å². The Morgan fingerprint density at radius 2 is 1.73 bits per heavy atom. The summed E-state index contributed by atoms with van der Waals surface area (Å²) < 4.78 is 44.8. The molecule has 2 aromatic rings. The van der Waals surface area contributed by atoms with Gasteiger partial charge in [0.25, 0.3) is 11.6 Å². The first-order valence-corrected chi connectivity index (χ1v) is 9.62. The number of nitrogens with zero attached hydrogens (tertiary/aromatic N) is 1. The van der Waals surface area contributed by atoms with Crippen molar-refractivity contribution in [1.29, 1.82) is 0 Å². The molecule has 0 unspecified atom stereocenters. The molecule has 12 heteroatoms. The van der Waals surface area contributed by atoms with Crippen LogP contribution in [0.15, 0.2) is 48.5 Å². The molecule has 0 aliphatic carbocycles. The fraction of sp³-hybridized carbons (Fsp3) is 0.286. The summed E-state index contributed by atoms with van der Waals surface area (Å²) in [7, 11) is 0. The molecule has 2 aromatic carbocycles. The van der Waals surface area contributed by atoms with Crippen LogP contribution in [-0.2, 0) is 20.5 Å². The van der Waals surface area contributed by atoms with Gasteiger partial charge in [-0.15, -0.1) is 0 Å². The van der Waals surface area contributed by atoms with Crippen molar-refractivity contribution in [3.05, 3.63) is 75.3 Å². The second-order valence-electron chi connectivity index (χ2n) is 6.86. The molecule has 9 nitrogen and oxygen atoms in total. The molecule has 33 heavy (non-hydrogen) atoms. The van der Waals surface area contributed by atoms with Gasteiger partial charge >= 0.3 is 12.1 Å². The fourth-order valence-electron chi connectivity index (χ4n) is 3.19. The first-order valence-electron chi connectivity index (χ1n) is 9.62. The fourth-order valence-corrected chi connectivity index (χ4v) is 3.19. The highest BCUT2D eigenvalue weighted by Gasteiger charge is 2.37. The van der Waals surface area contributed by atoms with Crippen LogP contribution in [0.5, 0.6) is 0 Å². The molecular weight excluding hydrogens is 447 g/mol. The van der Waals surface area contributed by atoms with Crippen LogP contribution in [0.4, 0.5) is 18.9 Å². The third-order valence-corrected chi connectivity index (χ3v) is 4.70. The van der Waals surface area contributed by atoms with Crippen LogP contribution >= 0.6 is 0 Å². The number of halogens is 3. The first kappa shape index (κ1) is 25.3. The summed E-state index contributed by atoms with van der Waals surface area (Å²) in [6.45, 7) is 1.55. The van der Waals surface area contributed by atoms with Crippen LogP contribution in [-0.4, -0.2) is 35.4 Å². The standard InChI is InChI=1S/C21H20F3N3O6/c1-2-33-17(28)11-15(12-7-9-13(10-8-12)27(31)32)18(19(25)29)26-20(30)14-5-3-4-6-16(14)21(22,23)24/h3-10,15,18H,2,11H2,1H3,(H2,25,29)(H,26,30)/t15-,18+/m1/s1. The van der Waals surface area contributed by atoms with Gasteiger partial charge in [-0.1, -0.05) is 24.3 Å². The maximum atomic E-state index is 13.3. The number of nitrogens with two attached hydrogens (primary N) is 1. The second-order valence-corrected chi connectivity index (χ2v) is 6.86. The lowest BCUT2D eigenvalue weighted by Gasteiger charge is -2.26. The van der Waals surface area contributed by atoms with Crippen LogP contribution in [0.25, 0.3) is 0 Å². The number of amides is 2. The van der Waals surface area contributed by atoms with Crippen LogP contribution in [0.1, 0.15) is 40.7 Å². The monoisotopic (exact) mass is 467 g/mol. The Morgan fingerprint density at radius 3 is 2.24 bits per heavy atom. The Balaban J connectivity index is 2.45. The molecule has 2 atom stereocenters. The number of hydrogen-bond acceptors (Lipinski definition) is 6. The smallest absolute Gasteiger partial charge is 0.417 e. The predicted molar refractivity (Wildman–Crippen MR) is 109 cm³/mol. The van der Waals surface area contributed by atoms with Crippen molar-refractivity contribution in [1.82, 2.24) is 5.32 Å². The van der Waals surface area contributed by atoms with Gasteiger partial charge < -0.3 is 15.8 Å². The number of carbonyl (C=O) groups is 3. The van der Waals surface area contributed by atoms with Crippen molar-refractivity contribution in [2.75, 3.05) is 6.61 Å². The molecule has 0 fully saturated rings. The van der Waals surface area contributed by atoms with E-state index in [-0.39, 0.29) is 17.9 Å². The zero-order chi connectivity index (χ0) is 24.8. The van der Waals surface area contributed by atoms with E-state index >= 15 is 0 Å². The molecule has 0 bridgehead atoms. The van der Waals surface area contributed by atoms with Crippen molar-refractivity contribution in [2.24, 2.45) is 5.73 Å². The zero-order valence-corrected chi connectivity index (χ0v) is 17.3. The van der Waals surface area contributed by atoms with Crippen molar-refractivity contribution in [2.45, 2.75) is 31.5 Å². The van der Waals surface area contributed by atoms with Crippen molar-refractivity contribution in [3.63, 3.8) is 0 Å². The maximum absolute atomic E-state index is 13.3. The molecule has 0 aliphatic heterocycles. The van der Waals surface area contributed by atoms with E-state index in [1.807, 2.05) is 0 Å². The topological polar surface area (TPSA) is 142 Å². The molecule has 0 aromatic heterocycles. The van der Waals surface area contributed by atoms with E-state index in [4.69, 9.17) is 10.5 Å². The van der Waals surface area contributed by atoms with E-state index in [2.05, 4.69) is 5.32 Å². The number of esters is 1. The summed E-state index contributed by atoms with van der Waals surface area (Å²) >= 11 is 0. The number of ether oxygens (including phenoxy) is 1. The normalized spacial score (nSPS) is 13.0. The number of nitro benzene ring substituents is 1. The lowest BCUT2D eigenvalue weighted by Crippen LogP contribution is -2.49. The highest BCUT2D eigenvalue weighted by Crippen LogP contribution is 2.32. The molecule has 0 heterocycles. The molecule has 0 radical (unpaired) electrons. The van der Waals surface area contributed by atoms with Crippen LogP contribution < -0.4 is 11.1 Å². The number of non-ortho nitro benzene ring substituents is 1. The number of primary amides is 1. The summed E-state index contributed by atoms with van der Waals surface area (Å²) in [6.07, 6.45) is -5.31. The van der Waals surface area contributed by atoms with E-state index in [1.54, 1.807) is 6.92 Å². The number of nitrogens with one attached hydrogen (secondary N) is 1. The molecular formula is C21H20F3N3O6. The van der Waals surface area contributed by atoms with E-state index in [0.29, 0.717) is 6.07 Å². The Morgan fingerprint density at radius 1 is 1.12 bits per heavy atom. The van der Waals surface area contributed by atoms with Crippen LogP contribution in [0.3, 0.4) is 0 Å². The predicted octanol–water partition coefficient (Wildman–Crippen LogP) is 2.93. The highest BCUT2D eigenvalue weighted by molar-refractivity contribution is 5.99. The van der Waals surface area contributed by atoms with Crippen molar-refractivity contribution in [3.8, 4) is 0 Å². The third kappa shape index (κ3) is 6.51. The Bertz CT molecular complexity index is 1040. The van der Waals surface area contributed by atoms with Crippen molar-refractivity contribution < 1.29 is 37.2 Å². The van der Waals surface area contributed by atoms with E-state index < -0.39 is 58.4 Å². The second kappa shape index (κ2) is 10.6. The summed E-state index contributed by atoms with van der Waals surface area (Å²) in [4.78, 5) is 47.3. The number of carbonyl (C=O) groups excluding carboxylic acids is 3. The number of nitro groups is 1. The number of alkyl halides is 3. The van der Waals surface area contributed by atoms with Gasteiger partial charge in [-0.05, 0) is 24.6 Å². The van der Waals surface area contributed by atoms with Gasteiger partial charge in [0.15, 0.2) is 0 Å². The number of benzene rings is 2. The Labute approximate surface area is 185 Å². The van der Waals surface area contributed by atoms with Gasteiger partial charge in [-0.2, -0.15) is 13.2 Å². The zero-order valence-electron chi connectivity index (χ0n) is 17.3. The van der Waals surface area contributed by atoms with Crippen LogP contribution in [0.2, 0.25) is 0 Å². The van der Waals surface area contributed by atoms with Gasteiger partial charge in [0.05, 0.1) is 29.1 Å².